The molecule has 0 atom stereocenters. The van der Waals surface area contributed by atoms with Crippen LogP contribution < -0.4 is 11.1 Å². The van der Waals surface area contributed by atoms with Gasteiger partial charge in [-0.25, -0.2) is 0 Å². The third-order valence-corrected chi connectivity index (χ3v) is 4.30. The Labute approximate surface area is 122 Å². The van der Waals surface area contributed by atoms with Crippen LogP contribution in [-0.2, 0) is 0 Å². The van der Waals surface area contributed by atoms with Crippen LogP contribution in [-0.4, -0.2) is 11.5 Å². The SMILES string of the molecule is NC(=S)c1cc(Br)ccc1NCCC1CCCC1. The molecule has 0 aliphatic heterocycles. The van der Waals surface area contributed by atoms with Gasteiger partial charge in [0.15, 0.2) is 0 Å². The number of rotatable bonds is 5. The van der Waals surface area contributed by atoms with Gasteiger partial charge in [-0.3, -0.25) is 0 Å². The van der Waals surface area contributed by atoms with Gasteiger partial charge < -0.3 is 11.1 Å². The van der Waals surface area contributed by atoms with E-state index >= 15 is 0 Å². The maximum Gasteiger partial charge on any atom is 0.106 e. The van der Waals surface area contributed by atoms with Crippen LogP contribution in [0.1, 0.15) is 37.7 Å². The summed E-state index contributed by atoms with van der Waals surface area (Å²) in [4.78, 5) is 0.444. The number of hydrogen-bond donors (Lipinski definition) is 2. The highest BCUT2D eigenvalue weighted by atomic mass is 79.9. The van der Waals surface area contributed by atoms with Crippen molar-refractivity contribution >= 4 is 38.8 Å². The summed E-state index contributed by atoms with van der Waals surface area (Å²) >= 11 is 8.53. The molecule has 1 aliphatic carbocycles. The molecule has 3 N–H and O–H groups in total. The van der Waals surface area contributed by atoms with E-state index in [9.17, 15) is 0 Å². The van der Waals surface area contributed by atoms with Crippen LogP contribution in [0, 0.1) is 5.92 Å². The average molecular weight is 327 g/mol. The van der Waals surface area contributed by atoms with E-state index in [1.807, 2.05) is 18.2 Å². The van der Waals surface area contributed by atoms with Crippen molar-refractivity contribution < 1.29 is 0 Å². The minimum Gasteiger partial charge on any atom is -0.389 e. The van der Waals surface area contributed by atoms with E-state index in [0.29, 0.717) is 4.99 Å². The van der Waals surface area contributed by atoms with Crippen LogP contribution in [0.25, 0.3) is 0 Å². The van der Waals surface area contributed by atoms with Crippen molar-refractivity contribution in [3.8, 4) is 0 Å². The third kappa shape index (κ3) is 3.69. The highest BCUT2D eigenvalue weighted by Gasteiger charge is 2.14. The largest absolute Gasteiger partial charge is 0.389 e. The van der Waals surface area contributed by atoms with Gasteiger partial charge in [0.2, 0.25) is 0 Å². The lowest BCUT2D eigenvalue weighted by molar-refractivity contribution is 0.518. The first-order chi connectivity index (χ1) is 8.66. The molecular weight excluding hydrogens is 308 g/mol. The number of halogens is 1. The van der Waals surface area contributed by atoms with Gasteiger partial charge in [-0.05, 0) is 30.5 Å². The van der Waals surface area contributed by atoms with Gasteiger partial charge >= 0.3 is 0 Å². The Morgan fingerprint density at radius 2 is 2.11 bits per heavy atom. The highest BCUT2D eigenvalue weighted by Crippen LogP contribution is 2.28. The molecule has 1 fully saturated rings. The molecule has 0 saturated heterocycles. The lowest BCUT2D eigenvalue weighted by atomic mass is 10.0. The number of nitrogens with two attached hydrogens (primary N) is 1. The third-order valence-electron chi connectivity index (χ3n) is 3.59. The van der Waals surface area contributed by atoms with E-state index in [2.05, 4.69) is 21.2 Å². The monoisotopic (exact) mass is 326 g/mol. The smallest absolute Gasteiger partial charge is 0.106 e. The Morgan fingerprint density at radius 3 is 2.78 bits per heavy atom. The average Bonchev–Trinajstić information content (AvgIpc) is 2.84. The normalized spacial score (nSPS) is 15.8. The van der Waals surface area contributed by atoms with Gasteiger partial charge in [-0.1, -0.05) is 53.8 Å². The molecule has 0 spiro atoms. The first kappa shape index (κ1) is 13.8. The van der Waals surface area contributed by atoms with E-state index in [-0.39, 0.29) is 0 Å². The van der Waals surface area contributed by atoms with E-state index in [4.69, 9.17) is 18.0 Å². The van der Waals surface area contributed by atoms with Crippen molar-refractivity contribution in [1.29, 1.82) is 0 Å². The van der Waals surface area contributed by atoms with E-state index in [1.54, 1.807) is 0 Å². The van der Waals surface area contributed by atoms with Crippen LogP contribution in [0.2, 0.25) is 0 Å². The van der Waals surface area contributed by atoms with Gasteiger partial charge in [0.25, 0.3) is 0 Å². The van der Waals surface area contributed by atoms with Gasteiger partial charge in [0.05, 0.1) is 0 Å². The Bertz CT molecular complexity index is 428. The van der Waals surface area contributed by atoms with Crippen LogP contribution in [0.3, 0.4) is 0 Å². The lowest BCUT2D eigenvalue weighted by Gasteiger charge is -2.14. The Morgan fingerprint density at radius 1 is 1.39 bits per heavy atom. The molecule has 18 heavy (non-hydrogen) atoms. The summed E-state index contributed by atoms with van der Waals surface area (Å²) in [6, 6.07) is 6.02. The minimum absolute atomic E-state index is 0.444. The molecule has 2 rings (SSSR count). The maximum atomic E-state index is 5.75. The zero-order valence-corrected chi connectivity index (χ0v) is 12.8. The molecule has 0 unspecified atom stereocenters. The second-order valence-corrected chi connectivity index (χ2v) is 6.28. The standard InChI is InChI=1S/C14H19BrN2S/c15-11-5-6-13(12(9-11)14(16)18)17-8-7-10-3-1-2-4-10/h5-6,9-10,17H,1-4,7-8H2,(H2,16,18). The fraction of sp³-hybridized carbons (Fsp3) is 0.500. The molecule has 2 nitrogen and oxygen atoms in total. The molecular formula is C14H19BrN2S. The summed E-state index contributed by atoms with van der Waals surface area (Å²) in [6.45, 7) is 1.00. The quantitative estimate of drug-likeness (QED) is 0.801. The van der Waals surface area contributed by atoms with Crippen molar-refractivity contribution in [2.45, 2.75) is 32.1 Å². The van der Waals surface area contributed by atoms with E-state index in [0.717, 1.165) is 28.2 Å². The van der Waals surface area contributed by atoms with Crippen molar-refractivity contribution in [1.82, 2.24) is 0 Å². The van der Waals surface area contributed by atoms with Gasteiger partial charge in [-0.15, -0.1) is 0 Å². The van der Waals surface area contributed by atoms with Gasteiger partial charge in [0.1, 0.15) is 4.99 Å². The maximum absolute atomic E-state index is 5.75. The predicted molar refractivity (Wildman–Crippen MR) is 85.1 cm³/mol. The molecule has 4 heteroatoms. The second kappa shape index (κ2) is 6.53. The number of thiocarbonyl (C=S) groups is 1. The summed E-state index contributed by atoms with van der Waals surface area (Å²) < 4.78 is 1.01. The molecule has 98 valence electrons. The predicted octanol–water partition coefficient (Wildman–Crippen LogP) is 4.08. The van der Waals surface area contributed by atoms with Crippen molar-refractivity contribution in [2.75, 3.05) is 11.9 Å². The van der Waals surface area contributed by atoms with Crippen molar-refractivity contribution in [3.63, 3.8) is 0 Å². The Kier molecular flexibility index (Phi) is 5.01. The topological polar surface area (TPSA) is 38.0 Å². The summed E-state index contributed by atoms with van der Waals surface area (Å²) in [6.07, 6.45) is 6.84. The molecule has 0 aromatic heterocycles. The van der Waals surface area contributed by atoms with E-state index in [1.165, 1.54) is 32.1 Å². The number of benzene rings is 1. The zero-order chi connectivity index (χ0) is 13.0. The van der Waals surface area contributed by atoms with Crippen LogP contribution >= 0.6 is 28.1 Å². The number of hydrogen-bond acceptors (Lipinski definition) is 2. The molecule has 0 radical (unpaired) electrons. The molecule has 0 amide bonds. The molecule has 0 bridgehead atoms. The fourth-order valence-corrected chi connectivity index (χ4v) is 3.11. The lowest BCUT2D eigenvalue weighted by Crippen LogP contribution is -2.14. The summed E-state index contributed by atoms with van der Waals surface area (Å²) in [5, 5.41) is 3.46. The molecule has 1 aromatic carbocycles. The first-order valence-electron chi connectivity index (χ1n) is 6.50. The molecule has 0 heterocycles. The molecule has 1 saturated carbocycles. The van der Waals surface area contributed by atoms with Crippen LogP contribution in [0.15, 0.2) is 22.7 Å². The highest BCUT2D eigenvalue weighted by molar-refractivity contribution is 9.10. The number of nitrogens with one attached hydrogen (secondary N) is 1. The van der Waals surface area contributed by atoms with Crippen LogP contribution in [0.4, 0.5) is 5.69 Å². The van der Waals surface area contributed by atoms with Crippen LogP contribution in [0.5, 0.6) is 0 Å². The summed E-state index contributed by atoms with van der Waals surface area (Å²) in [5.41, 5.74) is 7.72. The van der Waals surface area contributed by atoms with Crippen molar-refractivity contribution in [3.05, 3.63) is 28.2 Å². The first-order valence-corrected chi connectivity index (χ1v) is 7.70. The Hall–Kier alpha value is -0.610. The van der Waals surface area contributed by atoms with Gasteiger partial charge in [-0.2, -0.15) is 0 Å². The Balaban J connectivity index is 1.93. The number of anilines is 1. The fourth-order valence-electron chi connectivity index (χ4n) is 2.58. The van der Waals surface area contributed by atoms with E-state index < -0.39 is 0 Å². The summed E-state index contributed by atoms with van der Waals surface area (Å²) in [7, 11) is 0. The van der Waals surface area contributed by atoms with Gasteiger partial charge in [0, 0.05) is 22.3 Å². The molecule has 1 aromatic rings. The minimum atomic E-state index is 0.444. The zero-order valence-electron chi connectivity index (χ0n) is 10.4. The summed E-state index contributed by atoms with van der Waals surface area (Å²) in [5.74, 6) is 0.904. The second-order valence-electron chi connectivity index (χ2n) is 4.92. The molecule has 1 aliphatic rings. The van der Waals surface area contributed by atoms with Crippen molar-refractivity contribution in [2.24, 2.45) is 11.7 Å².